The van der Waals surface area contributed by atoms with Crippen molar-refractivity contribution in [1.82, 2.24) is 0 Å². The van der Waals surface area contributed by atoms with E-state index in [1.165, 1.54) is 20.4 Å². The predicted molar refractivity (Wildman–Crippen MR) is 117 cm³/mol. The molecule has 0 unspecified atom stereocenters. The van der Waals surface area contributed by atoms with Gasteiger partial charge in [-0.25, -0.2) is 0 Å². The molecular formula is C24H20BrPSe. The number of hydrogen-bond donors (Lipinski definition) is 0. The van der Waals surface area contributed by atoms with Crippen molar-refractivity contribution in [2.45, 2.75) is 0 Å². The van der Waals surface area contributed by atoms with Gasteiger partial charge >= 0.3 is 162 Å². The average Bonchev–Trinajstić information content (AvgIpc) is 2.75. The summed E-state index contributed by atoms with van der Waals surface area (Å²) in [5.74, 6) is -1.71. The second-order valence-electron chi connectivity index (χ2n) is 6.02. The van der Waals surface area contributed by atoms with Crippen LogP contribution in [-0.2, 0) is 0 Å². The van der Waals surface area contributed by atoms with Gasteiger partial charge in [-0.15, -0.1) is 0 Å². The zero-order valence-electron chi connectivity index (χ0n) is 14.8. The van der Waals surface area contributed by atoms with E-state index in [0.29, 0.717) is 14.5 Å². The third-order valence-electron chi connectivity index (χ3n) is 4.34. The maximum atomic E-state index is 2.32. The van der Waals surface area contributed by atoms with Crippen LogP contribution >= 0.6 is 5.95 Å². The summed E-state index contributed by atoms with van der Waals surface area (Å²) in [6.45, 7) is 0. The molecule has 0 amide bonds. The van der Waals surface area contributed by atoms with Crippen LogP contribution in [0, 0.1) is 0 Å². The summed E-state index contributed by atoms with van der Waals surface area (Å²) < 4.78 is 1.45. The molecule has 0 aliphatic heterocycles. The van der Waals surface area contributed by atoms with E-state index < -0.39 is 5.95 Å². The minimum atomic E-state index is -1.71. The van der Waals surface area contributed by atoms with E-state index in [1.807, 2.05) is 0 Å². The van der Waals surface area contributed by atoms with Crippen molar-refractivity contribution >= 4 is 40.8 Å². The predicted octanol–water partition coefficient (Wildman–Crippen LogP) is 0.929. The van der Waals surface area contributed by atoms with E-state index in [4.69, 9.17) is 0 Å². The molecule has 4 aromatic rings. The molecule has 27 heavy (non-hydrogen) atoms. The van der Waals surface area contributed by atoms with Gasteiger partial charge in [0.15, 0.2) is 0 Å². The first-order valence-electron chi connectivity index (χ1n) is 8.70. The van der Waals surface area contributed by atoms with Crippen molar-refractivity contribution in [3.05, 3.63) is 121 Å². The molecule has 4 aromatic carbocycles. The summed E-state index contributed by atoms with van der Waals surface area (Å²) in [5.41, 5.74) is 0. The van der Waals surface area contributed by atoms with Crippen LogP contribution in [0.4, 0.5) is 0 Å². The molecule has 0 atom stereocenters. The molecule has 0 aliphatic rings. The van der Waals surface area contributed by atoms with Gasteiger partial charge in [-0.1, -0.05) is 0 Å². The van der Waals surface area contributed by atoms with Crippen LogP contribution in [-0.4, -0.2) is 14.5 Å². The van der Waals surface area contributed by atoms with E-state index in [2.05, 4.69) is 121 Å². The van der Waals surface area contributed by atoms with Gasteiger partial charge < -0.3 is 17.0 Å². The topological polar surface area (TPSA) is 0 Å². The second kappa shape index (κ2) is 9.49. The number of rotatable bonds is 5. The van der Waals surface area contributed by atoms with Crippen molar-refractivity contribution in [2.24, 2.45) is 0 Å². The van der Waals surface area contributed by atoms with Gasteiger partial charge in [0.2, 0.25) is 0 Å². The van der Waals surface area contributed by atoms with Gasteiger partial charge in [-0.3, -0.25) is 0 Å². The summed E-state index contributed by atoms with van der Waals surface area (Å²) in [6.07, 6.45) is 0. The summed E-state index contributed by atoms with van der Waals surface area (Å²) in [7, 11) is 0. The van der Waals surface area contributed by atoms with Crippen LogP contribution in [0.25, 0.3) is 0 Å². The van der Waals surface area contributed by atoms with Crippen LogP contribution in [0.5, 0.6) is 0 Å². The Morgan fingerprint density at radius 1 is 0.407 bits per heavy atom. The molecule has 0 radical (unpaired) electrons. The third-order valence-corrected chi connectivity index (χ3v) is 15.5. The van der Waals surface area contributed by atoms with E-state index in [-0.39, 0.29) is 17.0 Å². The van der Waals surface area contributed by atoms with E-state index >= 15 is 0 Å². The monoisotopic (exact) mass is 498 g/mol. The van der Waals surface area contributed by atoms with Crippen molar-refractivity contribution < 1.29 is 17.0 Å². The third kappa shape index (κ3) is 4.26. The second-order valence-corrected chi connectivity index (χ2v) is 14.6. The van der Waals surface area contributed by atoms with E-state index in [9.17, 15) is 0 Å². The minimum absolute atomic E-state index is 0. The van der Waals surface area contributed by atoms with Gasteiger partial charge in [0.25, 0.3) is 0 Å². The summed E-state index contributed by atoms with van der Waals surface area (Å²) in [4.78, 5) is 0. The number of benzene rings is 4. The summed E-state index contributed by atoms with van der Waals surface area (Å²) >= 11 is 0.304. The Morgan fingerprint density at radius 3 is 1.04 bits per heavy atom. The van der Waals surface area contributed by atoms with Crippen LogP contribution in [0.1, 0.15) is 0 Å². The molecule has 0 heterocycles. The first kappa shape index (κ1) is 20.1. The molecule has 4 rings (SSSR count). The summed E-state index contributed by atoms with van der Waals surface area (Å²) in [6, 6.07) is 44.3. The van der Waals surface area contributed by atoms with Crippen molar-refractivity contribution in [3.8, 4) is 0 Å². The van der Waals surface area contributed by atoms with Gasteiger partial charge in [-0.05, 0) is 0 Å². The van der Waals surface area contributed by atoms with Crippen molar-refractivity contribution in [3.63, 3.8) is 0 Å². The van der Waals surface area contributed by atoms with E-state index in [1.54, 1.807) is 0 Å². The zero-order chi connectivity index (χ0) is 17.7. The Bertz CT molecular complexity index is 848. The zero-order valence-corrected chi connectivity index (χ0v) is 19.0. The molecule has 0 nitrogen and oxygen atoms in total. The Balaban J connectivity index is 0.00000210. The van der Waals surface area contributed by atoms with Crippen LogP contribution in [0.15, 0.2) is 121 Å². The van der Waals surface area contributed by atoms with Crippen LogP contribution in [0.2, 0.25) is 0 Å². The van der Waals surface area contributed by atoms with Crippen LogP contribution < -0.4 is 37.4 Å². The molecule has 134 valence electrons. The molecule has 0 fully saturated rings. The van der Waals surface area contributed by atoms with E-state index in [0.717, 1.165) is 0 Å². The maximum absolute atomic E-state index is 2.32. The normalized spacial score (nSPS) is 10.8. The Labute approximate surface area is 178 Å². The molecule has 0 spiro atoms. The molecular weight excluding hydrogens is 478 g/mol. The van der Waals surface area contributed by atoms with Crippen molar-refractivity contribution in [2.75, 3.05) is 0 Å². The number of halogens is 1. The fraction of sp³-hybridized carbons (Fsp3) is 0. The summed E-state index contributed by atoms with van der Waals surface area (Å²) in [5, 5.41) is 4.38. The molecule has 0 saturated heterocycles. The Morgan fingerprint density at radius 2 is 0.704 bits per heavy atom. The molecule has 0 aromatic heterocycles. The molecule has 0 saturated carbocycles. The first-order valence-corrected chi connectivity index (χ1v) is 13.6. The Kier molecular flexibility index (Phi) is 7.05. The molecule has 3 heteroatoms. The Hall–Kier alpha value is -1.69. The number of hydrogen-bond acceptors (Lipinski definition) is 0. The SMILES string of the molecule is [Br-].c1ccc([Se][P+](c2ccccc2)(c2ccccc2)c2ccccc2)cc1. The molecule has 0 N–H and O–H groups in total. The van der Waals surface area contributed by atoms with Gasteiger partial charge in [0.1, 0.15) is 0 Å². The van der Waals surface area contributed by atoms with Crippen LogP contribution in [0.3, 0.4) is 0 Å². The van der Waals surface area contributed by atoms with Gasteiger partial charge in [-0.2, -0.15) is 0 Å². The fourth-order valence-corrected chi connectivity index (χ4v) is 14.0. The molecule has 0 bridgehead atoms. The quantitative estimate of drug-likeness (QED) is 0.284. The average molecular weight is 498 g/mol. The standard InChI is InChI=1S/C24H20PSe.BrH/c1-5-13-21(14-6-1)25(22-15-7-2-8-16-22,23-17-9-3-10-18-23)26-24-19-11-4-12-20-24;/h1-20H;1H/q+1;/p-1. The van der Waals surface area contributed by atoms with Gasteiger partial charge in [0.05, 0.1) is 0 Å². The van der Waals surface area contributed by atoms with Crippen molar-refractivity contribution in [1.29, 1.82) is 0 Å². The first-order chi connectivity index (χ1) is 12.9. The van der Waals surface area contributed by atoms with Gasteiger partial charge in [0, 0.05) is 0 Å². The fourth-order valence-electron chi connectivity index (χ4n) is 3.16. The molecule has 0 aliphatic carbocycles.